The van der Waals surface area contributed by atoms with Gasteiger partial charge in [-0.1, -0.05) is 0 Å². The van der Waals surface area contributed by atoms with Crippen LogP contribution in [0, 0.1) is 5.82 Å². The van der Waals surface area contributed by atoms with Gasteiger partial charge >= 0.3 is 6.09 Å². The van der Waals surface area contributed by atoms with E-state index in [9.17, 15) is 9.18 Å². The summed E-state index contributed by atoms with van der Waals surface area (Å²) in [7, 11) is 0. The number of amides is 1. The monoisotopic (exact) mass is 374 g/mol. The van der Waals surface area contributed by atoms with Crippen LogP contribution in [-0.2, 0) is 4.74 Å². The minimum absolute atomic E-state index is 0.186. The molecular weight excluding hydrogens is 347 g/mol. The van der Waals surface area contributed by atoms with Crippen LogP contribution in [0.3, 0.4) is 0 Å². The standard InChI is InChI=1S/C21H27FN2O3/c1-2-26-21(25)24-11-7-17(8-12-24)23-9-5-15(6-10-23)19-14-27-20-4-3-16(22)13-18(19)20/h3-4,13-15,17H,2,5-12H2,1H3. The first-order valence-corrected chi connectivity index (χ1v) is 9.98. The molecule has 2 aromatic rings. The van der Waals surface area contributed by atoms with Gasteiger partial charge in [0.05, 0.1) is 12.9 Å². The van der Waals surface area contributed by atoms with Gasteiger partial charge in [0.1, 0.15) is 11.4 Å². The molecule has 6 heteroatoms. The van der Waals surface area contributed by atoms with E-state index in [4.69, 9.17) is 9.15 Å². The van der Waals surface area contributed by atoms with Crippen molar-refractivity contribution in [3.8, 4) is 0 Å². The van der Waals surface area contributed by atoms with Gasteiger partial charge in [0.15, 0.2) is 0 Å². The molecule has 1 aromatic heterocycles. The van der Waals surface area contributed by atoms with Crippen LogP contribution >= 0.6 is 0 Å². The highest BCUT2D eigenvalue weighted by Crippen LogP contribution is 2.36. The Labute approximate surface area is 159 Å². The van der Waals surface area contributed by atoms with Crippen LogP contribution in [0.5, 0.6) is 0 Å². The third kappa shape index (κ3) is 3.81. The number of piperidine rings is 2. The number of hydrogen-bond donors (Lipinski definition) is 0. The average molecular weight is 374 g/mol. The van der Waals surface area contributed by atoms with Gasteiger partial charge < -0.3 is 19.0 Å². The van der Waals surface area contributed by atoms with Crippen LogP contribution in [0.4, 0.5) is 9.18 Å². The van der Waals surface area contributed by atoms with Gasteiger partial charge in [-0.05, 0) is 69.8 Å². The van der Waals surface area contributed by atoms with Crippen LogP contribution in [0.1, 0.15) is 44.1 Å². The van der Waals surface area contributed by atoms with Crippen LogP contribution in [-0.4, -0.2) is 54.7 Å². The SMILES string of the molecule is CCOC(=O)N1CCC(N2CCC(c3coc4ccc(F)cc34)CC2)CC1. The second-order valence-corrected chi connectivity index (χ2v) is 7.56. The number of furan rings is 1. The second-order valence-electron chi connectivity index (χ2n) is 7.56. The average Bonchev–Trinajstić information content (AvgIpc) is 3.11. The van der Waals surface area contributed by atoms with Crippen LogP contribution in [0.25, 0.3) is 11.0 Å². The van der Waals surface area contributed by atoms with E-state index in [0.717, 1.165) is 68.4 Å². The Morgan fingerprint density at radius 3 is 2.63 bits per heavy atom. The van der Waals surface area contributed by atoms with Gasteiger partial charge in [-0.15, -0.1) is 0 Å². The minimum Gasteiger partial charge on any atom is -0.464 e. The third-order valence-electron chi connectivity index (χ3n) is 6.04. The first-order chi connectivity index (χ1) is 13.2. The van der Waals surface area contributed by atoms with Crippen LogP contribution in [0.2, 0.25) is 0 Å². The second kappa shape index (κ2) is 7.89. The topological polar surface area (TPSA) is 45.9 Å². The van der Waals surface area contributed by atoms with Crippen molar-refractivity contribution in [1.82, 2.24) is 9.80 Å². The molecule has 2 fully saturated rings. The zero-order valence-electron chi connectivity index (χ0n) is 15.8. The van der Waals surface area contributed by atoms with Crippen molar-refractivity contribution in [2.24, 2.45) is 0 Å². The molecule has 146 valence electrons. The normalized spacial score (nSPS) is 20.3. The number of fused-ring (bicyclic) bond motifs is 1. The summed E-state index contributed by atoms with van der Waals surface area (Å²) in [4.78, 5) is 16.2. The summed E-state index contributed by atoms with van der Waals surface area (Å²) in [6.45, 7) is 5.89. The molecule has 0 aliphatic carbocycles. The highest BCUT2D eigenvalue weighted by molar-refractivity contribution is 5.81. The van der Waals surface area contributed by atoms with Gasteiger partial charge in [-0.3, -0.25) is 0 Å². The maximum atomic E-state index is 13.6. The molecule has 0 saturated carbocycles. The summed E-state index contributed by atoms with van der Waals surface area (Å²) < 4.78 is 24.3. The molecule has 4 rings (SSSR count). The Hall–Kier alpha value is -2.08. The Bertz CT molecular complexity index is 790. The number of nitrogens with zero attached hydrogens (tertiary/aromatic N) is 2. The Morgan fingerprint density at radius 1 is 1.19 bits per heavy atom. The fourth-order valence-electron chi connectivity index (χ4n) is 4.54. The predicted octanol–water partition coefficient (Wildman–Crippen LogP) is 4.37. The number of ether oxygens (including phenoxy) is 1. The van der Waals surface area contributed by atoms with Crippen molar-refractivity contribution in [2.75, 3.05) is 32.8 Å². The maximum Gasteiger partial charge on any atom is 0.409 e. The molecule has 3 heterocycles. The van der Waals surface area contributed by atoms with Gasteiger partial charge in [0, 0.05) is 30.1 Å². The van der Waals surface area contributed by atoms with E-state index < -0.39 is 0 Å². The van der Waals surface area contributed by atoms with Gasteiger partial charge in [0.25, 0.3) is 0 Å². The lowest BCUT2D eigenvalue weighted by molar-refractivity contribution is 0.0663. The molecule has 2 aliphatic rings. The third-order valence-corrected chi connectivity index (χ3v) is 6.04. The van der Waals surface area contributed by atoms with Gasteiger partial charge in [-0.25, -0.2) is 9.18 Å². The molecule has 2 aliphatic heterocycles. The van der Waals surface area contributed by atoms with Gasteiger partial charge in [0.2, 0.25) is 0 Å². The molecule has 27 heavy (non-hydrogen) atoms. The summed E-state index contributed by atoms with van der Waals surface area (Å²) in [6, 6.07) is 5.28. The first-order valence-electron chi connectivity index (χ1n) is 9.98. The fourth-order valence-corrected chi connectivity index (χ4v) is 4.54. The Morgan fingerprint density at radius 2 is 1.93 bits per heavy atom. The van der Waals surface area contributed by atoms with Crippen molar-refractivity contribution in [3.63, 3.8) is 0 Å². The van der Waals surface area contributed by atoms with Crippen LogP contribution < -0.4 is 0 Å². The molecule has 2 saturated heterocycles. The Balaban J connectivity index is 1.33. The van der Waals surface area contributed by atoms with Crippen LogP contribution in [0.15, 0.2) is 28.9 Å². The number of carbonyl (C=O) groups excluding carboxylic acids is 1. The van der Waals surface area contributed by atoms with E-state index >= 15 is 0 Å². The summed E-state index contributed by atoms with van der Waals surface area (Å²) in [6.07, 6.45) is 5.75. The summed E-state index contributed by atoms with van der Waals surface area (Å²) >= 11 is 0. The summed E-state index contributed by atoms with van der Waals surface area (Å²) in [5.74, 6) is 0.208. The van der Waals surface area contributed by atoms with E-state index in [1.54, 1.807) is 12.1 Å². The minimum atomic E-state index is -0.212. The lowest BCUT2D eigenvalue weighted by atomic mass is 9.88. The van der Waals surface area contributed by atoms with E-state index in [0.29, 0.717) is 18.6 Å². The summed E-state index contributed by atoms with van der Waals surface area (Å²) in [5.41, 5.74) is 1.90. The van der Waals surface area contributed by atoms with E-state index in [-0.39, 0.29) is 11.9 Å². The first kappa shape index (κ1) is 18.3. The number of hydrogen-bond acceptors (Lipinski definition) is 4. The molecule has 0 N–H and O–H groups in total. The van der Waals surface area contributed by atoms with Crippen molar-refractivity contribution in [3.05, 3.63) is 35.8 Å². The number of carbonyl (C=O) groups is 1. The molecule has 1 aromatic carbocycles. The van der Waals surface area contributed by atoms with Gasteiger partial charge in [-0.2, -0.15) is 0 Å². The van der Waals surface area contributed by atoms with E-state index in [2.05, 4.69) is 4.90 Å². The quantitative estimate of drug-likeness (QED) is 0.800. The van der Waals surface area contributed by atoms with Crippen molar-refractivity contribution in [2.45, 2.75) is 44.6 Å². The lowest BCUT2D eigenvalue weighted by Crippen LogP contribution is -2.48. The zero-order valence-corrected chi connectivity index (χ0v) is 15.8. The predicted molar refractivity (Wildman–Crippen MR) is 101 cm³/mol. The summed E-state index contributed by atoms with van der Waals surface area (Å²) in [5, 5.41) is 0.913. The highest BCUT2D eigenvalue weighted by Gasteiger charge is 2.31. The smallest absolute Gasteiger partial charge is 0.409 e. The van der Waals surface area contributed by atoms with E-state index in [1.807, 2.05) is 18.1 Å². The molecular formula is C21H27FN2O3. The lowest BCUT2D eigenvalue weighted by Gasteiger charge is -2.41. The fraction of sp³-hybridized carbons (Fsp3) is 0.571. The molecule has 0 bridgehead atoms. The number of halogens is 1. The largest absolute Gasteiger partial charge is 0.464 e. The van der Waals surface area contributed by atoms with Crippen molar-refractivity contribution in [1.29, 1.82) is 0 Å². The Kier molecular flexibility index (Phi) is 5.34. The zero-order chi connectivity index (χ0) is 18.8. The molecule has 0 radical (unpaired) electrons. The molecule has 0 unspecified atom stereocenters. The number of benzene rings is 1. The number of likely N-dealkylation sites (tertiary alicyclic amines) is 2. The highest BCUT2D eigenvalue weighted by atomic mass is 19.1. The number of rotatable bonds is 3. The van der Waals surface area contributed by atoms with E-state index in [1.165, 1.54) is 6.07 Å². The molecule has 1 amide bonds. The van der Waals surface area contributed by atoms with Crippen molar-refractivity contribution >= 4 is 17.1 Å². The maximum absolute atomic E-state index is 13.6. The molecule has 5 nitrogen and oxygen atoms in total. The van der Waals surface area contributed by atoms with Crippen molar-refractivity contribution < 1.29 is 18.3 Å². The molecule has 0 atom stereocenters. The molecule has 0 spiro atoms.